The maximum atomic E-state index is 12.7. The number of carbonyl (C=O) groups excluding carboxylic acids is 1. The van der Waals surface area contributed by atoms with Gasteiger partial charge in [0.2, 0.25) is 5.91 Å². The number of hydrogen-bond acceptors (Lipinski definition) is 4. The van der Waals surface area contributed by atoms with Gasteiger partial charge in [-0.1, -0.05) is 84.6 Å². The van der Waals surface area contributed by atoms with Gasteiger partial charge in [-0.2, -0.15) is 5.26 Å². The van der Waals surface area contributed by atoms with Crippen molar-refractivity contribution < 1.29 is 4.79 Å². The van der Waals surface area contributed by atoms with Crippen molar-refractivity contribution in [2.24, 2.45) is 0 Å². The van der Waals surface area contributed by atoms with Gasteiger partial charge < -0.3 is 10.3 Å². The Morgan fingerprint density at radius 1 is 0.968 bits per heavy atom. The average molecular weight is 425 g/mol. The molecule has 0 aliphatic heterocycles. The molecule has 2 N–H and O–H groups in total. The van der Waals surface area contributed by atoms with E-state index in [2.05, 4.69) is 16.4 Å². The number of anilines is 1. The number of rotatable bonds is 6. The first-order chi connectivity index (χ1) is 15.2. The lowest BCUT2D eigenvalue weighted by atomic mass is 10.1. The highest BCUT2D eigenvalue weighted by molar-refractivity contribution is 8.00. The van der Waals surface area contributed by atoms with Crippen molar-refractivity contribution in [1.29, 1.82) is 5.26 Å². The molecular formula is C25H20N4OS. The SMILES string of the molecule is CC(Sc1nc(-c2ccccc2)c(-c2ccccc2)[nH]1)C(=O)Nc1ccccc1C#N. The van der Waals surface area contributed by atoms with Crippen molar-refractivity contribution in [2.45, 2.75) is 17.3 Å². The van der Waals surface area contributed by atoms with Gasteiger partial charge >= 0.3 is 0 Å². The molecule has 0 spiro atoms. The van der Waals surface area contributed by atoms with Crippen LogP contribution in [0.15, 0.2) is 90.1 Å². The molecule has 0 aliphatic rings. The molecule has 31 heavy (non-hydrogen) atoms. The van der Waals surface area contributed by atoms with Crippen molar-refractivity contribution in [3.63, 3.8) is 0 Å². The minimum atomic E-state index is -0.412. The molecule has 4 aromatic rings. The Labute approximate surface area is 185 Å². The summed E-state index contributed by atoms with van der Waals surface area (Å²) in [6.07, 6.45) is 0. The highest BCUT2D eigenvalue weighted by atomic mass is 32.2. The fourth-order valence-electron chi connectivity index (χ4n) is 3.17. The summed E-state index contributed by atoms with van der Waals surface area (Å²) in [7, 11) is 0. The van der Waals surface area contributed by atoms with Crippen LogP contribution in [0.3, 0.4) is 0 Å². The minimum Gasteiger partial charge on any atom is -0.332 e. The highest BCUT2D eigenvalue weighted by Crippen LogP contribution is 2.34. The Hall–Kier alpha value is -3.82. The summed E-state index contributed by atoms with van der Waals surface area (Å²) < 4.78 is 0. The van der Waals surface area contributed by atoms with Crippen molar-refractivity contribution in [3.8, 4) is 28.6 Å². The summed E-state index contributed by atoms with van der Waals surface area (Å²) in [5, 5.41) is 12.3. The fourth-order valence-corrected chi connectivity index (χ4v) is 3.98. The number of para-hydroxylation sites is 1. The number of nitrogens with one attached hydrogen (secondary N) is 2. The van der Waals surface area contributed by atoms with Gasteiger partial charge in [-0.3, -0.25) is 4.79 Å². The number of carbonyl (C=O) groups is 1. The molecule has 0 saturated carbocycles. The monoisotopic (exact) mass is 424 g/mol. The number of H-pyrrole nitrogens is 1. The molecule has 1 atom stereocenters. The summed E-state index contributed by atoms with van der Waals surface area (Å²) in [5.74, 6) is -0.188. The Kier molecular flexibility index (Phi) is 6.16. The molecule has 1 heterocycles. The first kappa shape index (κ1) is 20.5. The number of amides is 1. The van der Waals surface area contributed by atoms with Crippen LogP contribution in [-0.4, -0.2) is 21.1 Å². The van der Waals surface area contributed by atoms with Gasteiger partial charge in [0.25, 0.3) is 0 Å². The highest BCUT2D eigenvalue weighted by Gasteiger charge is 2.20. The largest absolute Gasteiger partial charge is 0.332 e. The van der Waals surface area contributed by atoms with Crippen molar-refractivity contribution in [1.82, 2.24) is 9.97 Å². The number of thioether (sulfide) groups is 1. The van der Waals surface area contributed by atoms with Crippen LogP contribution in [-0.2, 0) is 4.79 Å². The maximum absolute atomic E-state index is 12.7. The van der Waals surface area contributed by atoms with Gasteiger partial charge in [0.15, 0.2) is 5.16 Å². The van der Waals surface area contributed by atoms with Crippen LogP contribution in [0.2, 0.25) is 0 Å². The molecule has 0 bridgehead atoms. The number of benzene rings is 3. The summed E-state index contributed by atoms with van der Waals surface area (Å²) in [6.45, 7) is 1.82. The molecule has 0 aliphatic carbocycles. The normalized spacial score (nSPS) is 11.5. The molecule has 0 radical (unpaired) electrons. The summed E-state index contributed by atoms with van der Waals surface area (Å²) in [5.41, 5.74) is 4.74. The lowest BCUT2D eigenvalue weighted by molar-refractivity contribution is -0.115. The standard InChI is InChI=1S/C25H20N4OS/c1-17(24(30)27-21-15-9-8-14-20(21)16-26)31-25-28-22(18-10-4-2-5-11-18)23(29-25)19-12-6-3-7-13-19/h2-15,17H,1H3,(H,27,30)(H,28,29). The molecular weight excluding hydrogens is 404 g/mol. The maximum Gasteiger partial charge on any atom is 0.237 e. The molecule has 0 fully saturated rings. The van der Waals surface area contributed by atoms with E-state index in [0.29, 0.717) is 16.4 Å². The quantitative estimate of drug-likeness (QED) is 0.387. The van der Waals surface area contributed by atoms with E-state index in [1.54, 1.807) is 24.3 Å². The second-order valence-electron chi connectivity index (χ2n) is 6.90. The molecule has 6 heteroatoms. The molecule has 1 unspecified atom stereocenters. The number of nitriles is 1. The minimum absolute atomic E-state index is 0.188. The summed E-state index contributed by atoms with van der Waals surface area (Å²) >= 11 is 1.35. The second kappa shape index (κ2) is 9.33. The topological polar surface area (TPSA) is 81.6 Å². The lowest BCUT2D eigenvalue weighted by Gasteiger charge is -2.11. The Bertz CT molecular complexity index is 1170. The molecule has 3 aromatic carbocycles. The van der Waals surface area contributed by atoms with E-state index in [9.17, 15) is 10.1 Å². The van der Waals surface area contributed by atoms with Crippen LogP contribution in [0.25, 0.3) is 22.5 Å². The number of aromatic amines is 1. The van der Waals surface area contributed by atoms with Gasteiger partial charge in [-0.25, -0.2) is 4.98 Å². The van der Waals surface area contributed by atoms with E-state index >= 15 is 0 Å². The fraction of sp³-hybridized carbons (Fsp3) is 0.0800. The van der Waals surface area contributed by atoms with Crippen LogP contribution in [0.4, 0.5) is 5.69 Å². The number of imidazole rings is 1. The molecule has 1 amide bonds. The van der Waals surface area contributed by atoms with Gasteiger partial charge in [0.1, 0.15) is 6.07 Å². The third-order valence-corrected chi connectivity index (χ3v) is 5.74. The van der Waals surface area contributed by atoms with Gasteiger partial charge in [0, 0.05) is 11.1 Å². The zero-order chi connectivity index (χ0) is 21.6. The van der Waals surface area contributed by atoms with E-state index in [1.807, 2.05) is 67.6 Å². The van der Waals surface area contributed by atoms with Gasteiger partial charge in [-0.15, -0.1) is 0 Å². The predicted molar refractivity (Wildman–Crippen MR) is 125 cm³/mol. The average Bonchev–Trinajstić information content (AvgIpc) is 3.24. The van der Waals surface area contributed by atoms with Crippen molar-refractivity contribution in [3.05, 3.63) is 90.5 Å². The van der Waals surface area contributed by atoms with E-state index < -0.39 is 5.25 Å². The van der Waals surface area contributed by atoms with Gasteiger partial charge in [0.05, 0.1) is 27.9 Å². The van der Waals surface area contributed by atoms with Crippen LogP contribution in [0.5, 0.6) is 0 Å². The van der Waals surface area contributed by atoms with Crippen LogP contribution in [0.1, 0.15) is 12.5 Å². The van der Waals surface area contributed by atoms with Crippen molar-refractivity contribution >= 4 is 23.4 Å². The molecule has 1 aromatic heterocycles. The number of hydrogen-bond donors (Lipinski definition) is 2. The van der Waals surface area contributed by atoms with E-state index in [4.69, 9.17) is 4.98 Å². The summed E-state index contributed by atoms with van der Waals surface area (Å²) in [4.78, 5) is 20.9. The molecule has 0 saturated heterocycles. The third kappa shape index (κ3) is 4.68. The van der Waals surface area contributed by atoms with E-state index in [-0.39, 0.29) is 5.91 Å². The Balaban J connectivity index is 1.59. The molecule has 5 nitrogen and oxygen atoms in total. The second-order valence-corrected chi connectivity index (χ2v) is 8.23. The van der Waals surface area contributed by atoms with Crippen LogP contribution in [0, 0.1) is 11.3 Å². The number of nitrogens with zero attached hydrogens (tertiary/aromatic N) is 2. The van der Waals surface area contributed by atoms with Crippen LogP contribution >= 0.6 is 11.8 Å². The van der Waals surface area contributed by atoms with E-state index in [0.717, 1.165) is 22.5 Å². The first-order valence-electron chi connectivity index (χ1n) is 9.83. The molecule has 4 rings (SSSR count). The zero-order valence-corrected chi connectivity index (χ0v) is 17.7. The lowest BCUT2D eigenvalue weighted by Crippen LogP contribution is -2.23. The third-order valence-electron chi connectivity index (χ3n) is 4.75. The Morgan fingerprint density at radius 3 is 2.26 bits per heavy atom. The summed E-state index contributed by atoms with van der Waals surface area (Å²) in [6, 6.07) is 29.0. The smallest absolute Gasteiger partial charge is 0.237 e. The van der Waals surface area contributed by atoms with E-state index in [1.165, 1.54) is 11.8 Å². The Morgan fingerprint density at radius 2 is 1.58 bits per heavy atom. The van der Waals surface area contributed by atoms with Gasteiger partial charge in [-0.05, 0) is 19.1 Å². The first-order valence-corrected chi connectivity index (χ1v) is 10.7. The number of aromatic nitrogens is 2. The van der Waals surface area contributed by atoms with Crippen LogP contribution < -0.4 is 5.32 Å². The predicted octanol–water partition coefficient (Wildman–Crippen LogP) is 5.73. The molecule has 152 valence electrons. The zero-order valence-electron chi connectivity index (χ0n) is 16.9. The van der Waals surface area contributed by atoms with Crippen molar-refractivity contribution in [2.75, 3.05) is 5.32 Å².